The van der Waals surface area contributed by atoms with Crippen LogP contribution in [0, 0.1) is 0 Å². The third-order valence-corrected chi connectivity index (χ3v) is 4.23. The molecular formula is C14H20N4O3. The first-order valence-electron chi connectivity index (χ1n) is 7.40. The molecule has 2 fully saturated rings. The van der Waals surface area contributed by atoms with Crippen LogP contribution in [0.3, 0.4) is 0 Å². The van der Waals surface area contributed by atoms with Gasteiger partial charge in [-0.3, -0.25) is 14.7 Å². The van der Waals surface area contributed by atoms with Crippen LogP contribution in [0.15, 0.2) is 6.07 Å². The van der Waals surface area contributed by atoms with Crippen molar-refractivity contribution < 1.29 is 14.3 Å². The quantitative estimate of drug-likeness (QED) is 0.841. The second kappa shape index (κ2) is 5.85. The molecule has 21 heavy (non-hydrogen) atoms. The molecule has 2 atom stereocenters. The highest BCUT2D eigenvalue weighted by Gasteiger charge is 2.32. The molecule has 0 unspecified atom stereocenters. The van der Waals surface area contributed by atoms with E-state index in [0.29, 0.717) is 13.2 Å². The topological polar surface area (TPSA) is 101 Å². The predicted molar refractivity (Wildman–Crippen MR) is 74.6 cm³/mol. The number of piperidine rings is 1. The summed E-state index contributed by atoms with van der Waals surface area (Å²) < 4.78 is 5.47. The van der Waals surface area contributed by atoms with Gasteiger partial charge in [0.05, 0.1) is 0 Å². The minimum Gasteiger partial charge on any atom is -0.368 e. The van der Waals surface area contributed by atoms with E-state index in [1.54, 1.807) is 6.07 Å². The van der Waals surface area contributed by atoms with Crippen LogP contribution in [0.2, 0.25) is 0 Å². The highest BCUT2D eigenvalue weighted by Crippen LogP contribution is 2.27. The number of nitrogens with one attached hydrogen (secondary N) is 1. The van der Waals surface area contributed by atoms with Crippen LogP contribution in [-0.4, -0.2) is 52.7 Å². The summed E-state index contributed by atoms with van der Waals surface area (Å²) in [4.78, 5) is 25.4. The maximum absolute atomic E-state index is 12.4. The van der Waals surface area contributed by atoms with E-state index in [9.17, 15) is 9.59 Å². The van der Waals surface area contributed by atoms with Gasteiger partial charge >= 0.3 is 0 Å². The highest BCUT2D eigenvalue weighted by atomic mass is 16.5. The van der Waals surface area contributed by atoms with E-state index >= 15 is 0 Å². The molecule has 7 heteroatoms. The Morgan fingerprint density at radius 3 is 2.90 bits per heavy atom. The minimum absolute atomic E-state index is 0.0897. The van der Waals surface area contributed by atoms with Crippen molar-refractivity contribution in [2.45, 2.75) is 37.7 Å². The molecule has 114 valence electrons. The van der Waals surface area contributed by atoms with Gasteiger partial charge in [0.15, 0.2) is 0 Å². The molecule has 0 bridgehead atoms. The predicted octanol–water partition coefficient (Wildman–Crippen LogP) is 0.394. The van der Waals surface area contributed by atoms with E-state index in [-0.39, 0.29) is 23.6 Å². The fraction of sp³-hybridized carbons (Fsp3) is 0.643. The fourth-order valence-electron chi connectivity index (χ4n) is 3.08. The lowest BCUT2D eigenvalue weighted by atomic mass is 9.94. The van der Waals surface area contributed by atoms with Crippen LogP contribution in [-0.2, 0) is 9.53 Å². The molecule has 0 saturated carbocycles. The number of ether oxygens (including phenoxy) is 1. The van der Waals surface area contributed by atoms with Crippen molar-refractivity contribution in [3.8, 4) is 0 Å². The van der Waals surface area contributed by atoms with Crippen LogP contribution < -0.4 is 5.73 Å². The summed E-state index contributed by atoms with van der Waals surface area (Å²) in [5.41, 5.74) is 6.32. The molecule has 0 radical (unpaired) electrons. The molecular weight excluding hydrogens is 272 g/mol. The van der Waals surface area contributed by atoms with Gasteiger partial charge in [0.2, 0.25) is 0 Å². The van der Waals surface area contributed by atoms with Gasteiger partial charge in [0.1, 0.15) is 11.8 Å². The summed E-state index contributed by atoms with van der Waals surface area (Å²) in [6.07, 6.45) is 3.40. The number of rotatable bonds is 3. The summed E-state index contributed by atoms with van der Waals surface area (Å²) in [6.45, 7) is 2.08. The molecule has 0 aliphatic carbocycles. The number of hydrogen-bond acceptors (Lipinski definition) is 4. The average Bonchev–Trinajstić information content (AvgIpc) is 3.18. The maximum Gasteiger partial charge on any atom is 0.269 e. The first-order valence-corrected chi connectivity index (χ1v) is 7.40. The Hall–Kier alpha value is -1.89. The van der Waals surface area contributed by atoms with Crippen LogP contribution in [0.1, 0.15) is 47.8 Å². The smallest absolute Gasteiger partial charge is 0.269 e. The molecule has 3 heterocycles. The zero-order chi connectivity index (χ0) is 14.8. The molecule has 3 rings (SSSR count). The molecule has 2 aliphatic heterocycles. The number of carbonyl (C=O) groups is 2. The van der Waals surface area contributed by atoms with Gasteiger partial charge in [-0.2, -0.15) is 5.10 Å². The number of hydrogen-bond donors (Lipinski definition) is 2. The first kappa shape index (κ1) is 14.1. The zero-order valence-corrected chi connectivity index (χ0v) is 11.9. The molecule has 2 saturated heterocycles. The molecule has 1 aromatic heterocycles. The summed E-state index contributed by atoms with van der Waals surface area (Å²) in [5, 5.41) is 6.78. The van der Waals surface area contributed by atoms with Crippen LogP contribution in [0.25, 0.3) is 0 Å². The summed E-state index contributed by atoms with van der Waals surface area (Å²) >= 11 is 0. The van der Waals surface area contributed by atoms with Crippen molar-refractivity contribution in [1.29, 1.82) is 0 Å². The van der Waals surface area contributed by atoms with Crippen molar-refractivity contribution in [2.24, 2.45) is 5.73 Å². The number of amides is 2. The molecule has 1 aromatic rings. The largest absolute Gasteiger partial charge is 0.368 e. The van der Waals surface area contributed by atoms with Crippen LogP contribution in [0.5, 0.6) is 0 Å². The second-order valence-corrected chi connectivity index (χ2v) is 5.70. The van der Waals surface area contributed by atoms with Gasteiger partial charge in [0.25, 0.3) is 11.8 Å². The van der Waals surface area contributed by atoms with Gasteiger partial charge in [-0.1, -0.05) is 0 Å². The van der Waals surface area contributed by atoms with Crippen molar-refractivity contribution in [3.05, 3.63) is 17.5 Å². The van der Waals surface area contributed by atoms with E-state index in [1.165, 1.54) is 0 Å². The summed E-state index contributed by atoms with van der Waals surface area (Å²) in [5.74, 6) is -0.280. The normalized spacial score (nSPS) is 26.0. The van der Waals surface area contributed by atoms with Crippen molar-refractivity contribution in [2.75, 3.05) is 19.7 Å². The lowest BCUT2D eigenvalue weighted by molar-refractivity contribution is -0.142. The van der Waals surface area contributed by atoms with Crippen molar-refractivity contribution >= 4 is 11.8 Å². The van der Waals surface area contributed by atoms with Crippen LogP contribution >= 0.6 is 0 Å². The summed E-state index contributed by atoms with van der Waals surface area (Å²) in [7, 11) is 0. The molecule has 2 amide bonds. The van der Waals surface area contributed by atoms with Gasteiger partial charge in [-0.15, -0.1) is 0 Å². The third-order valence-electron chi connectivity index (χ3n) is 4.23. The zero-order valence-electron chi connectivity index (χ0n) is 11.9. The fourth-order valence-corrected chi connectivity index (χ4v) is 3.08. The Bertz CT molecular complexity index is 536. The number of aromatic amines is 1. The van der Waals surface area contributed by atoms with Gasteiger partial charge in [0, 0.05) is 31.3 Å². The number of carbonyl (C=O) groups excluding carboxylic acids is 2. The van der Waals surface area contributed by atoms with Crippen molar-refractivity contribution in [3.63, 3.8) is 0 Å². The molecule has 7 nitrogen and oxygen atoms in total. The van der Waals surface area contributed by atoms with Crippen molar-refractivity contribution in [1.82, 2.24) is 15.1 Å². The lowest BCUT2D eigenvalue weighted by Gasteiger charge is -2.33. The molecule has 2 aliphatic rings. The number of aromatic nitrogens is 2. The lowest BCUT2D eigenvalue weighted by Crippen LogP contribution is -2.44. The van der Waals surface area contributed by atoms with E-state index in [4.69, 9.17) is 10.5 Å². The number of H-pyrrole nitrogens is 1. The van der Waals surface area contributed by atoms with E-state index in [2.05, 4.69) is 10.2 Å². The Labute approximate surface area is 122 Å². The Morgan fingerprint density at radius 2 is 2.24 bits per heavy atom. The second-order valence-electron chi connectivity index (χ2n) is 5.70. The standard InChI is InChI=1S/C14H20N4O3/c15-13(19)11-7-10(16-17-11)9-3-1-5-18(8-9)14(20)12-4-2-6-21-12/h7,9,12H,1-6,8H2,(H2,15,19)(H,16,17)/t9-,12-/m0/s1. The summed E-state index contributed by atoms with van der Waals surface area (Å²) in [6, 6.07) is 1.69. The maximum atomic E-state index is 12.4. The van der Waals surface area contributed by atoms with Gasteiger partial charge in [-0.25, -0.2) is 0 Å². The average molecular weight is 292 g/mol. The molecule has 3 N–H and O–H groups in total. The number of nitrogens with two attached hydrogens (primary N) is 1. The van der Waals surface area contributed by atoms with Gasteiger partial charge < -0.3 is 15.4 Å². The Morgan fingerprint density at radius 1 is 1.38 bits per heavy atom. The van der Waals surface area contributed by atoms with Gasteiger partial charge in [-0.05, 0) is 31.7 Å². The Kier molecular flexibility index (Phi) is 3.92. The molecule has 0 spiro atoms. The van der Waals surface area contributed by atoms with Crippen LogP contribution in [0.4, 0.5) is 0 Å². The SMILES string of the molecule is NC(=O)c1cc([C@H]2CCCN(C(=O)[C@@H]3CCCO3)C2)[nH]n1. The van der Waals surface area contributed by atoms with E-state index < -0.39 is 5.91 Å². The molecule has 0 aromatic carbocycles. The minimum atomic E-state index is -0.541. The monoisotopic (exact) mass is 292 g/mol. The Balaban J connectivity index is 1.67. The van der Waals surface area contributed by atoms with E-state index in [1.807, 2.05) is 4.90 Å². The number of likely N-dealkylation sites (tertiary alicyclic amines) is 1. The number of nitrogens with zero attached hydrogens (tertiary/aromatic N) is 2. The van der Waals surface area contributed by atoms with E-state index in [0.717, 1.165) is 37.9 Å². The number of primary amides is 1. The first-order chi connectivity index (χ1) is 10.1. The third kappa shape index (κ3) is 2.92. The highest BCUT2D eigenvalue weighted by molar-refractivity contribution is 5.90.